The average molecular weight is 205 g/mol. The largest absolute Gasteiger partial charge is 0.378 e. The van der Waals surface area contributed by atoms with Crippen molar-refractivity contribution in [1.29, 1.82) is 0 Å². The van der Waals surface area contributed by atoms with Crippen LogP contribution < -0.4 is 0 Å². The number of thiazole rings is 1. The molecule has 0 saturated carbocycles. The molecule has 0 N–H and O–H groups in total. The Balaban J connectivity index is 2.25. The van der Waals surface area contributed by atoms with Crippen LogP contribution in [0, 0.1) is 0 Å². The van der Waals surface area contributed by atoms with E-state index >= 15 is 0 Å². The molecular formula is C11H11NOS. The Hall–Kier alpha value is -1.19. The first-order valence-electron chi connectivity index (χ1n) is 4.39. The van der Waals surface area contributed by atoms with Crippen molar-refractivity contribution in [3.8, 4) is 10.6 Å². The molecule has 0 atom stereocenters. The van der Waals surface area contributed by atoms with Gasteiger partial charge in [0.25, 0.3) is 0 Å². The minimum absolute atomic E-state index is 0.587. The van der Waals surface area contributed by atoms with Gasteiger partial charge in [-0.15, -0.1) is 11.3 Å². The van der Waals surface area contributed by atoms with Gasteiger partial charge in [-0.05, 0) is 0 Å². The molecule has 0 fully saturated rings. The lowest BCUT2D eigenvalue weighted by Gasteiger charge is -1.94. The van der Waals surface area contributed by atoms with Crippen molar-refractivity contribution in [3.63, 3.8) is 0 Å². The third-order valence-electron chi connectivity index (χ3n) is 1.86. The van der Waals surface area contributed by atoms with Crippen LogP contribution in [0.5, 0.6) is 0 Å². The van der Waals surface area contributed by atoms with Gasteiger partial charge in [-0.3, -0.25) is 0 Å². The zero-order chi connectivity index (χ0) is 9.80. The van der Waals surface area contributed by atoms with Crippen molar-refractivity contribution in [2.24, 2.45) is 0 Å². The highest BCUT2D eigenvalue weighted by molar-refractivity contribution is 7.13. The molecular weight excluding hydrogens is 194 g/mol. The Morgan fingerprint density at radius 3 is 2.79 bits per heavy atom. The number of aromatic nitrogens is 1. The molecule has 0 bridgehead atoms. The number of methoxy groups -OCH3 is 1. The number of nitrogens with zero attached hydrogens (tertiary/aromatic N) is 1. The van der Waals surface area contributed by atoms with Crippen molar-refractivity contribution < 1.29 is 4.74 Å². The second-order valence-electron chi connectivity index (χ2n) is 2.94. The second kappa shape index (κ2) is 4.35. The summed E-state index contributed by atoms with van der Waals surface area (Å²) in [6.45, 7) is 0.587. The van der Waals surface area contributed by atoms with Crippen LogP contribution in [0.4, 0.5) is 0 Å². The maximum absolute atomic E-state index is 5.02. The lowest BCUT2D eigenvalue weighted by molar-refractivity contribution is 0.182. The van der Waals surface area contributed by atoms with Crippen molar-refractivity contribution in [3.05, 3.63) is 41.4 Å². The summed E-state index contributed by atoms with van der Waals surface area (Å²) >= 11 is 1.65. The number of rotatable bonds is 3. The van der Waals surface area contributed by atoms with E-state index < -0.39 is 0 Å². The summed E-state index contributed by atoms with van der Waals surface area (Å²) in [7, 11) is 1.68. The minimum Gasteiger partial charge on any atom is -0.378 e. The minimum atomic E-state index is 0.587. The van der Waals surface area contributed by atoms with Crippen LogP contribution in [0.1, 0.15) is 5.69 Å². The fraction of sp³-hybridized carbons (Fsp3) is 0.182. The van der Waals surface area contributed by atoms with Crippen LogP contribution in [0.3, 0.4) is 0 Å². The van der Waals surface area contributed by atoms with Gasteiger partial charge in [0.2, 0.25) is 0 Å². The van der Waals surface area contributed by atoms with Gasteiger partial charge < -0.3 is 4.74 Å². The molecule has 2 nitrogen and oxygen atoms in total. The van der Waals surface area contributed by atoms with Gasteiger partial charge in [-0.1, -0.05) is 30.3 Å². The molecule has 2 aromatic rings. The summed E-state index contributed by atoms with van der Waals surface area (Å²) in [6.07, 6.45) is 0. The van der Waals surface area contributed by atoms with Crippen molar-refractivity contribution in [1.82, 2.24) is 4.98 Å². The predicted molar refractivity (Wildman–Crippen MR) is 58.3 cm³/mol. The third-order valence-corrected chi connectivity index (χ3v) is 2.80. The number of benzene rings is 1. The summed E-state index contributed by atoms with van der Waals surface area (Å²) < 4.78 is 5.02. The number of ether oxygens (including phenoxy) is 1. The number of hydrogen-bond acceptors (Lipinski definition) is 3. The molecule has 3 heteroatoms. The molecule has 0 aliphatic rings. The smallest absolute Gasteiger partial charge is 0.123 e. The normalized spacial score (nSPS) is 10.4. The average Bonchev–Trinajstić information content (AvgIpc) is 2.68. The highest BCUT2D eigenvalue weighted by atomic mass is 32.1. The van der Waals surface area contributed by atoms with Gasteiger partial charge in [0.05, 0.1) is 12.3 Å². The Morgan fingerprint density at radius 1 is 1.29 bits per heavy atom. The van der Waals surface area contributed by atoms with Crippen LogP contribution in [0.2, 0.25) is 0 Å². The Labute approximate surface area is 87.2 Å². The highest BCUT2D eigenvalue weighted by Crippen LogP contribution is 2.23. The quantitative estimate of drug-likeness (QED) is 0.768. The van der Waals surface area contributed by atoms with Crippen LogP contribution in [0.15, 0.2) is 35.7 Å². The van der Waals surface area contributed by atoms with Crippen LogP contribution in [0.25, 0.3) is 10.6 Å². The molecule has 1 heterocycles. The molecule has 0 aliphatic carbocycles. The van der Waals surface area contributed by atoms with Crippen molar-refractivity contribution >= 4 is 11.3 Å². The van der Waals surface area contributed by atoms with E-state index in [1.807, 2.05) is 23.6 Å². The summed E-state index contributed by atoms with van der Waals surface area (Å²) in [5.74, 6) is 0. The van der Waals surface area contributed by atoms with Crippen molar-refractivity contribution in [2.45, 2.75) is 6.61 Å². The zero-order valence-electron chi connectivity index (χ0n) is 7.93. The summed E-state index contributed by atoms with van der Waals surface area (Å²) in [5.41, 5.74) is 2.16. The van der Waals surface area contributed by atoms with E-state index in [1.54, 1.807) is 18.4 Å². The Kier molecular flexibility index (Phi) is 2.91. The van der Waals surface area contributed by atoms with Gasteiger partial charge in [-0.25, -0.2) is 4.98 Å². The SMILES string of the molecule is COCc1csc(-c2ccccc2)n1. The molecule has 0 radical (unpaired) electrons. The zero-order valence-corrected chi connectivity index (χ0v) is 8.75. The first-order valence-corrected chi connectivity index (χ1v) is 5.27. The molecule has 0 saturated heterocycles. The van der Waals surface area contributed by atoms with E-state index in [1.165, 1.54) is 5.56 Å². The molecule has 0 unspecified atom stereocenters. The summed E-state index contributed by atoms with van der Waals surface area (Å²) in [4.78, 5) is 4.46. The number of hydrogen-bond donors (Lipinski definition) is 0. The lowest BCUT2D eigenvalue weighted by Crippen LogP contribution is -1.86. The first kappa shape index (κ1) is 9.37. The van der Waals surface area contributed by atoms with Gasteiger partial charge in [-0.2, -0.15) is 0 Å². The van der Waals surface area contributed by atoms with Gasteiger partial charge in [0.1, 0.15) is 5.01 Å². The summed E-state index contributed by atoms with van der Waals surface area (Å²) in [5, 5.41) is 3.09. The molecule has 72 valence electrons. The fourth-order valence-electron chi connectivity index (χ4n) is 1.23. The van der Waals surface area contributed by atoms with E-state index in [0.717, 1.165) is 10.7 Å². The lowest BCUT2D eigenvalue weighted by atomic mass is 10.2. The molecule has 0 aliphatic heterocycles. The topological polar surface area (TPSA) is 22.1 Å². The molecule has 14 heavy (non-hydrogen) atoms. The highest BCUT2D eigenvalue weighted by Gasteiger charge is 2.02. The van der Waals surface area contributed by atoms with Crippen LogP contribution >= 0.6 is 11.3 Å². The van der Waals surface area contributed by atoms with Crippen molar-refractivity contribution in [2.75, 3.05) is 7.11 Å². The first-order chi connectivity index (χ1) is 6.90. The van der Waals surface area contributed by atoms with Crippen LogP contribution in [-0.2, 0) is 11.3 Å². The van der Waals surface area contributed by atoms with E-state index in [2.05, 4.69) is 17.1 Å². The Bertz CT molecular complexity index is 397. The van der Waals surface area contributed by atoms with E-state index in [-0.39, 0.29) is 0 Å². The molecule has 2 rings (SSSR count). The second-order valence-corrected chi connectivity index (χ2v) is 3.80. The molecule has 1 aromatic carbocycles. The van der Waals surface area contributed by atoms with Gasteiger partial charge in [0, 0.05) is 18.1 Å². The van der Waals surface area contributed by atoms with Gasteiger partial charge >= 0.3 is 0 Å². The van der Waals surface area contributed by atoms with Crippen LogP contribution in [-0.4, -0.2) is 12.1 Å². The predicted octanol–water partition coefficient (Wildman–Crippen LogP) is 2.96. The third kappa shape index (κ3) is 2.00. The van der Waals surface area contributed by atoms with E-state index in [4.69, 9.17) is 4.74 Å². The maximum atomic E-state index is 5.02. The fourth-order valence-corrected chi connectivity index (χ4v) is 2.05. The van der Waals surface area contributed by atoms with E-state index in [0.29, 0.717) is 6.61 Å². The molecule has 1 aromatic heterocycles. The molecule has 0 amide bonds. The van der Waals surface area contributed by atoms with E-state index in [9.17, 15) is 0 Å². The monoisotopic (exact) mass is 205 g/mol. The van der Waals surface area contributed by atoms with Gasteiger partial charge in [0.15, 0.2) is 0 Å². The summed E-state index contributed by atoms with van der Waals surface area (Å²) in [6, 6.07) is 10.2. The standard InChI is InChI=1S/C11H11NOS/c1-13-7-10-8-14-11(12-10)9-5-3-2-4-6-9/h2-6,8H,7H2,1H3. The molecule has 0 spiro atoms. The Morgan fingerprint density at radius 2 is 2.07 bits per heavy atom. The maximum Gasteiger partial charge on any atom is 0.123 e.